The molecule has 2 aromatic rings. The molecule has 0 saturated heterocycles. The summed E-state index contributed by atoms with van der Waals surface area (Å²) < 4.78 is 16.1. The molecule has 0 bridgehead atoms. The molecule has 2 aromatic carbocycles. The molecule has 1 aliphatic rings. The molecule has 6 heteroatoms. The fraction of sp³-hybridized carbons (Fsp3) is 0.350. The third-order valence-electron chi connectivity index (χ3n) is 4.75. The average molecular weight is 376 g/mol. The largest absolute Gasteiger partial charge is 0.497 e. The summed E-state index contributed by atoms with van der Waals surface area (Å²) in [4.78, 5) is 14.1. The second-order valence-corrected chi connectivity index (χ2v) is 6.58. The highest BCUT2D eigenvalue weighted by Crippen LogP contribution is 2.43. The molecule has 0 aromatic heterocycles. The van der Waals surface area contributed by atoms with Gasteiger partial charge in [0.1, 0.15) is 5.75 Å². The molecule has 0 aliphatic carbocycles. The van der Waals surface area contributed by atoms with Crippen molar-refractivity contribution in [3.8, 4) is 17.2 Å². The van der Waals surface area contributed by atoms with E-state index in [1.165, 1.54) is 0 Å². The van der Waals surface area contributed by atoms with E-state index in [0.717, 1.165) is 28.9 Å². The van der Waals surface area contributed by atoms with Crippen molar-refractivity contribution >= 4 is 17.5 Å². The van der Waals surface area contributed by atoms with E-state index in [4.69, 9.17) is 25.8 Å². The van der Waals surface area contributed by atoms with E-state index in [9.17, 15) is 4.79 Å². The van der Waals surface area contributed by atoms with Crippen molar-refractivity contribution in [3.05, 3.63) is 52.0 Å². The van der Waals surface area contributed by atoms with Gasteiger partial charge < -0.3 is 19.1 Å². The molecular weight excluding hydrogens is 354 g/mol. The van der Waals surface area contributed by atoms with Gasteiger partial charge in [-0.1, -0.05) is 17.7 Å². The summed E-state index contributed by atoms with van der Waals surface area (Å²) in [5.74, 6) is 1.85. The molecule has 1 aliphatic heterocycles. The zero-order chi connectivity index (χ0) is 18.8. The van der Waals surface area contributed by atoms with Crippen LogP contribution in [0.25, 0.3) is 0 Å². The van der Waals surface area contributed by atoms with Crippen molar-refractivity contribution in [2.24, 2.45) is 0 Å². The first-order valence-corrected chi connectivity index (χ1v) is 8.73. The Morgan fingerprint density at radius 3 is 2.50 bits per heavy atom. The normalized spacial score (nSPS) is 16.0. The van der Waals surface area contributed by atoms with Gasteiger partial charge in [-0.25, -0.2) is 0 Å². The number of rotatable bonds is 4. The third-order valence-corrected chi connectivity index (χ3v) is 5.04. The summed E-state index contributed by atoms with van der Waals surface area (Å²) >= 11 is 6.41. The first-order chi connectivity index (χ1) is 12.5. The number of hydrogen-bond donors (Lipinski definition) is 0. The lowest BCUT2D eigenvalue weighted by Gasteiger charge is -2.37. The summed E-state index contributed by atoms with van der Waals surface area (Å²) in [7, 11) is 4.77. The molecule has 0 fully saturated rings. The van der Waals surface area contributed by atoms with Gasteiger partial charge in [0.2, 0.25) is 5.91 Å². The van der Waals surface area contributed by atoms with Crippen molar-refractivity contribution in [2.75, 3.05) is 27.9 Å². The van der Waals surface area contributed by atoms with Crippen LogP contribution in [0.5, 0.6) is 17.2 Å². The monoisotopic (exact) mass is 375 g/mol. The van der Waals surface area contributed by atoms with Gasteiger partial charge >= 0.3 is 0 Å². The molecule has 1 heterocycles. The Bertz CT molecular complexity index is 837. The van der Waals surface area contributed by atoms with Crippen LogP contribution in [0.4, 0.5) is 0 Å². The molecule has 138 valence electrons. The highest BCUT2D eigenvalue weighted by molar-refractivity contribution is 6.32. The molecule has 0 spiro atoms. The van der Waals surface area contributed by atoms with Gasteiger partial charge in [0.05, 0.1) is 32.4 Å². The quantitative estimate of drug-likeness (QED) is 0.814. The molecule has 0 saturated carbocycles. The number of carbonyl (C=O) groups is 1. The van der Waals surface area contributed by atoms with Crippen LogP contribution in [-0.2, 0) is 11.2 Å². The zero-order valence-corrected chi connectivity index (χ0v) is 16.1. The summed E-state index contributed by atoms with van der Waals surface area (Å²) in [6.07, 6.45) is 0.781. The molecule has 1 atom stereocenters. The van der Waals surface area contributed by atoms with E-state index < -0.39 is 0 Å². The average Bonchev–Trinajstić information content (AvgIpc) is 2.65. The Hall–Kier alpha value is -2.40. The number of methoxy groups -OCH3 is 3. The lowest BCUT2D eigenvalue weighted by atomic mass is 9.87. The maximum Gasteiger partial charge on any atom is 0.220 e. The minimum atomic E-state index is -0.237. The number of carbonyl (C=O) groups excluding carboxylic acids is 1. The van der Waals surface area contributed by atoms with Crippen LogP contribution < -0.4 is 14.2 Å². The molecule has 1 amide bonds. The molecule has 0 N–H and O–H groups in total. The molecular formula is C20H22ClNO4. The summed E-state index contributed by atoms with van der Waals surface area (Å²) in [6.45, 7) is 2.22. The van der Waals surface area contributed by atoms with E-state index in [2.05, 4.69) is 0 Å². The highest BCUT2D eigenvalue weighted by Gasteiger charge is 2.32. The molecule has 26 heavy (non-hydrogen) atoms. The lowest BCUT2D eigenvalue weighted by Crippen LogP contribution is -2.39. The molecule has 0 radical (unpaired) electrons. The van der Waals surface area contributed by atoms with Crippen LogP contribution in [0.2, 0.25) is 5.02 Å². The van der Waals surface area contributed by atoms with Gasteiger partial charge in [-0.3, -0.25) is 4.79 Å². The van der Waals surface area contributed by atoms with Crippen LogP contribution in [0.1, 0.15) is 29.7 Å². The van der Waals surface area contributed by atoms with Gasteiger partial charge in [0, 0.05) is 13.5 Å². The van der Waals surface area contributed by atoms with Gasteiger partial charge in [-0.15, -0.1) is 0 Å². The lowest BCUT2D eigenvalue weighted by molar-refractivity contribution is -0.130. The van der Waals surface area contributed by atoms with Crippen molar-refractivity contribution < 1.29 is 19.0 Å². The maximum absolute atomic E-state index is 12.3. The number of nitrogens with zero attached hydrogens (tertiary/aromatic N) is 1. The van der Waals surface area contributed by atoms with Gasteiger partial charge in [-0.2, -0.15) is 0 Å². The van der Waals surface area contributed by atoms with E-state index in [0.29, 0.717) is 23.1 Å². The van der Waals surface area contributed by atoms with Gasteiger partial charge in [-0.05, 0) is 47.4 Å². The van der Waals surface area contributed by atoms with Crippen molar-refractivity contribution in [1.29, 1.82) is 0 Å². The maximum atomic E-state index is 12.3. The second kappa shape index (κ2) is 7.46. The van der Waals surface area contributed by atoms with Crippen LogP contribution >= 0.6 is 11.6 Å². The van der Waals surface area contributed by atoms with E-state index in [1.807, 2.05) is 35.2 Å². The van der Waals surface area contributed by atoms with E-state index >= 15 is 0 Å². The number of benzene rings is 2. The second-order valence-electron chi connectivity index (χ2n) is 6.17. The number of fused-ring (bicyclic) bond motifs is 1. The van der Waals surface area contributed by atoms with Crippen LogP contribution in [-0.4, -0.2) is 38.7 Å². The predicted octanol–water partition coefficient (Wildman–Crippen LogP) is 3.86. The minimum Gasteiger partial charge on any atom is -0.497 e. The van der Waals surface area contributed by atoms with Crippen molar-refractivity contribution in [3.63, 3.8) is 0 Å². The van der Waals surface area contributed by atoms with Gasteiger partial charge in [0.15, 0.2) is 11.5 Å². The Balaban J connectivity index is 2.17. The summed E-state index contributed by atoms with van der Waals surface area (Å²) in [5, 5.41) is 0.450. The Kier molecular flexibility index (Phi) is 5.28. The molecule has 5 nitrogen and oxygen atoms in total. The van der Waals surface area contributed by atoms with Crippen LogP contribution in [0.15, 0.2) is 30.3 Å². The van der Waals surface area contributed by atoms with Crippen molar-refractivity contribution in [1.82, 2.24) is 4.90 Å². The minimum absolute atomic E-state index is 0.0161. The smallest absolute Gasteiger partial charge is 0.220 e. The third kappa shape index (κ3) is 3.19. The van der Waals surface area contributed by atoms with Crippen LogP contribution in [0, 0.1) is 0 Å². The number of halogens is 1. The Morgan fingerprint density at radius 2 is 1.88 bits per heavy atom. The Morgan fingerprint density at radius 1 is 1.12 bits per heavy atom. The fourth-order valence-electron chi connectivity index (χ4n) is 3.52. The topological polar surface area (TPSA) is 48.0 Å². The molecule has 1 unspecified atom stereocenters. The number of ether oxygens (including phenoxy) is 3. The first kappa shape index (κ1) is 18.4. The van der Waals surface area contributed by atoms with E-state index in [-0.39, 0.29) is 11.9 Å². The highest BCUT2D eigenvalue weighted by atomic mass is 35.5. The molecule has 3 rings (SSSR count). The fourth-order valence-corrected chi connectivity index (χ4v) is 3.82. The summed E-state index contributed by atoms with van der Waals surface area (Å²) in [5.41, 5.74) is 3.11. The standard InChI is InChI=1S/C20H22ClNO4/c1-12(23)22-8-7-13-9-15(24-2)5-6-16(13)19(22)14-10-17(21)20(26-4)18(11-14)25-3/h5-6,9-11,19H,7-8H2,1-4H3. The van der Waals surface area contributed by atoms with Crippen LogP contribution in [0.3, 0.4) is 0 Å². The Labute approximate surface area is 158 Å². The van der Waals surface area contributed by atoms with Gasteiger partial charge in [0.25, 0.3) is 0 Å². The number of amides is 1. The zero-order valence-electron chi connectivity index (χ0n) is 15.3. The first-order valence-electron chi connectivity index (χ1n) is 8.35. The predicted molar refractivity (Wildman–Crippen MR) is 100 cm³/mol. The summed E-state index contributed by atoms with van der Waals surface area (Å²) in [6, 6.07) is 9.44. The SMILES string of the molecule is COc1ccc2c(c1)CCN(C(C)=O)C2c1cc(Cl)c(OC)c(OC)c1. The number of hydrogen-bond acceptors (Lipinski definition) is 4. The van der Waals surface area contributed by atoms with E-state index in [1.54, 1.807) is 28.3 Å². The van der Waals surface area contributed by atoms with Crippen molar-refractivity contribution in [2.45, 2.75) is 19.4 Å².